The Morgan fingerprint density at radius 3 is 2.42 bits per heavy atom. The molecule has 1 aliphatic carbocycles. The number of hydrogen-bond acceptors (Lipinski definition) is 5. The molecule has 1 saturated carbocycles. The number of carbonyl (C=O) groups is 3. The third kappa shape index (κ3) is 3.81. The number of hydrazone groups is 1. The van der Waals surface area contributed by atoms with Crippen LogP contribution in [0.1, 0.15) is 55.7 Å². The minimum absolute atomic E-state index is 0.189. The molecule has 2 heterocycles. The van der Waals surface area contributed by atoms with Crippen LogP contribution in [0.3, 0.4) is 0 Å². The fraction of sp³-hybridized carbons (Fsp3) is 0.385. The van der Waals surface area contributed by atoms with Gasteiger partial charge in [-0.25, -0.2) is 5.01 Å². The fourth-order valence-electron chi connectivity index (χ4n) is 5.30. The van der Waals surface area contributed by atoms with Crippen LogP contribution in [0.2, 0.25) is 0 Å². The monoisotopic (exact) mass is 445 g/mol. The molecule has 2 aromatic rings. The molecule has 2 aliphatic heterocycles. The first-order valence-electron chi connectivity index (χ1n) is 11.4. The highest BCUT2D eigenvalue weighted by Gasteiger charge is 2.53. The van der Waals surface area contributed by atoms with E-state index in [0.29, 0.717) is 6.42 Å². The van der Waals surface area contributed by atoms with E-state index in [2.05, 4.69) is 5.10 Å². The van der Waals surface area contributed by atoms with Gasteiger partial charge in [0.05, 0.1) is 24.3 Å². The molecule has 1 unspecified atom stereocenters. The van der Waals surface area contributed by atoms with E-state index in [-0.39, 0.29) is 36.7 Å². The number of nitrogens with zero attached hydrogens (tertiary/aromatic N) is 3. The van der Waals surface area contributed by atoms with Gasteiger partial charge in [-0.3, -0.25) is 19.3 Å². The van der Waals surface area contributed by atoms with Crippen LogP contribution in [-0.2, 0) is 14.4 Å². The zero-order chi connectivity index (χ0) is 23.0. The molecule has 170 valence electrons. The maximum Gasteiger partial charge on any atom is 0.263 e. The number of benzene rings is 2. The second-order valence-electron chi connectivity index (χ2n) is 9.09. The Morgan fingerprint density at radius 1 is 1.06 bits per heavy atom. The van der Waals surface area contributed by atoms with Crippen LogP contribution in [0.5, 0.6) is 5.75 Å². The lowest BCUT2D eigenvalue weighted by Crippen LogP contribution is -2.42. The van der Waals surface area contributed by atoms with Crippen LogP contribution < -0.4 is 4.74 Å². The Morgan fingerprint density at radius 2 is 1.76 bits per heavy atom. The van der Waals surface area contributed by atoms with Crippen LogP contribution in [0.15, 0.2) is 59.7 Å². The van der Waals surface area contributed by atoms with E-state index in [9.17, 15) is 14.4 Å². The second kappa shape index (κ2) is 8.46. The first kappa shape index (κ1) is 21.4. The Balaban J connectivity index is 1.42. The lowest BCUT2D eigenvalue weighted by atomic mass is 9.84. The summed E-state index contributed by atoms with van der Waals surface area (Å²) in [5.74, 6) is -0.0547. The van der Waals surface area contributed by atoms with Crippen molar-refractivity contribution in [3.63, 3.8) is 0 Å². The van der Waals surface area contributed by atoms with Crippen molar-refractivity contribution >= 4 is 23.4 Å². The van der Waals surface area contributed by atoms with Gasteiger partial charge in [-0.2, -0.15) is 5.10 Å². The zero-order valence-corrected chi connectivity index (χ0v) is 18.7. The zero-order valence-electron chi connectivity index (χ0n) is 18.7. The van der Waals surface area contributed by atoms with Crippen molar-refractivity contribution in [3.05, 3.63) is 65.7 Å². The summed E-state index contributed by atoms with van der Waals surface area (Å²) in [5.41, 5.74) is 2.08. The summed E-state index contributed by atoms with van der Waals surface area (Å²) in [5, 5.41) is 6.11. The molecule has 2 aromatic carbocycles. The maximum atomic E-state index is 13.4. The molecule has 5 rings (SSSR count). The van der Waals surface area contributed by atoms with E-state index in [0.717, 1.165) is 53.2 Å². The first-order chi connectivity index (χ1) is 16.0. The molecule has 0 radical (unpaired) electrons. The number of likely N-dealkylation sites (tertiary alicyclic amines) is 1. The average molecular weight is 446 g/mol. The molecule has 2 fully saturated rings. The minimum atomic E-state index is -0.587. The molecule has 0 aromatic heterocycles. The quantitative estimate of drug-likeness (QED) is 0.658. The van der Waals surface area contributed by atoms with Gasteiger partial charge in [0.2, 0.25) is 11.8 Å². The van der Waals surface area contributed by atoms with E-state index in [1.807, 2.05) is 54.6 Å². The largest absolute Gasteiger partial charge is 0.497 e. The summed E-state index contributed by atoms with van der Waals surface area (Å²) in [6.45, 7) is -0.266. The van der Waals surface area contributed by atoms with E-state index in [4.69, 9.17) is 4.74 Å². The van der Waals surface area contributed by atoms with Crippen molar-refractivity contribution in [1.82, 2.24) is 9.91 Å². The molecule has 1 saturated heterocycles. The summed E-state index contributed by atoms with van der Waals surface area (Å²) in [7, 11) is 1.61. The van der Waals surface area contributed by atoms with Crippen LogP contribution in [0, 0.1) is 5.41 Å². The molecule has 7 nitrogen and oxygen atoms in total. The van der Waals surface area contributed by atoms with Gasteiger partial charge in [-0.05, 0) is 36.1 Å². The molecule has 3 amide bonds. The summed E-state index contributed by atoms with van der Waals surface area (Å²) in [6, 6.07) is 17.0. The highest BCUT2D eigenvalue weighted by molar-refractivity contribution is 6.08. The summed E-state index contributed by atoms with van der Waals surface area (Å²) in [4.78, 5) is 40.4. The molecule has 7 heteroatoms. The van der Waals surface area contributed by atoms with Gasteiger partial charge >= 0.3 is 0 Å². The van der Waals surface area contributed by atoms with Crippen LogP contribution in [0.25, 0.3) is 0 Å². The molecule has 0 bridgehead atoms. The molecule has 1 spiro atoms. The summed E-state index contributed by atoms with van der Waals surface area (Å²) >= 11 is 0. The third-order valence-electron chi connectivity index (χ3n) is 7.12. The molecule has 1 atom stereocenters. The highest BCUT2D eigenvalue weighted by Crippen LogP contribution is 2.47. The number of carbonyl (C=O) groups excluding carboxylic acids is 3. The average Bonchev–Trinajstić information content (AvgIpc) is 3.55. The van der Waals surface area contributed by atoms with Gasteiger partial charge in [0.25, 0.3) is 5.91 Å². The van der Waals surface area contributed by atoms with Gasteiger partial charge in [-0.1, -0.05) is 55.3 Å². The molecular formula is C26H27N3O4. The van der Waals surface area contributed by atoms with Crippen molar-refractivity contribution in [2.75, 3.05) is 13.7 Å². The number of amides is 3. The SMILES string of the molecule is COc1ccc(C2CC(c3ccccc3)=NN2C(=O)CN2C(=O)CC3(CCCC3)C2=O)cc1. The highest BCUT2D eigenvalue weighted by atomic mass is 16.5. The smallest absolute Gasteiger partial charge is 0.263 e. The normalized spacial score (nSPS) is 21.7. The minimum Gasteiger partial charge on any atom is -0.497 e. The fourth-order valence-corrected chi connectivity index (χ4v) is 5.30. The van der Waals surface area contributed by atoms with Crippen LogP contribution in [0.4, 0.5) is 0 Å². The number of methoxy groups -OCH3 is 1. The standard InChI is InChI=1S/C26H27N3O4/c1-33-20-11-9-19(10-12-20)22-15-21(18-7-3-2-4-8-18)27-29(22)24(31)17-28-23(30)16-26(25(28)32)13-5-6-14-26/h2-4,7-12,22H,5-6,13-17H2,1H3. The summed E-state index contributed by atoms with van der Waals surface area (Å²) < 4.78 is 5.26. The Kier molecular flexibility index (Phi) is 5.48. The lowest BCUT2D eigenvalue weighted by Gasteiger charge is -2.25. The Hall–Kier alpha value is -3.48. The van der Waals surface area contributed by atoms with Gasteiger partial charge in [0.1, 0.15) is 12.3 Å². The topological polar surface area (TPSA) is 79.3 Å². The van der Waals surface area contributed by atoms with Gasteiger partial charge in [-0.15, -0.1) is 0 Å². The molecule has 3 aliphatic rings. The second-order valence-corrected chi connectivity index (χ2v) is 9.09. The van der Waals surface area contributed by atoms with E-state index < -0.39 is 5.41 Å². The van der Waals surface area contributed by atoms with Crippen molar-refractivity contribution in [3.8, 4) is 5.75 Å². The van der Waals surface area contributed by atoms with Crippen LogP contribution in [-0.4, -0.2) is 47.0 Å². The van der Waals surface area contributed by atoms with Crippen molar-refractivity contribution in [2.24, 2.45) is 10.5 Å². The Labute approximate surface area is 193 Å². The van der Waals surface area contributed by atoms with E-state index in [1.165, 1.54) is 5.01 Å². The van der Waals surface area contributed by atoms with Crippen molar-refractivity contribution in [2.45, 2.75) is 44.6 Å². The van der Waals surface area contributed by atoms with Crippen molar-refractivity contribution < 1.29 is 19.1 Å². The predicted molar refractivity (Wildman–Crippen MR) is 122 cm³/mol. The number of ether oxygens (including phenoxy) is 1. The number of rotatable bonds is 5. The first-order valence-corrected chi connectivity index (χ1v) is 11.4. The van der Waals surface area contributed by atoms with E-state index >= 15 is 0 Å². The maximum absolute atomic E-state index is 13.4. The van der Waals surface area contributed by atoms with Gasteiger partial charge in [0.15, 0.2) is 0 Å². The molecular weight excluding hydrogens is 418 g/mol. The van der Waals surface area contributed by atoms with Gasteiger partial charge in [0, 0.05) is 12.8 Å². The van der Waals surface area contributed by atoms with Gasteiger partial charge < -0.3 is 4.74 Å². The number of imide groups is 1. The third-order valence-corrected chi connectivity index (χ3v) is 7.12. The predicted octanol–water partition coefficient (Wildman–Crippen LogP) is 3.69. The molecule has 33 heavy (non-hydrogen) atoms. The molecule has 0 N–H and O–H groups in total. The van der Waals surface area contributed by atoms with E-state index in [1.54, 1.807) is 7.11 Å². The van der Waals surface area contributed by atoms with Crippen LogP contribution >= 0.6 is 0 Å². The number of hydrogen-bond donors (Lipinski definition) is 0. The Bertz CT molecular complexity index is 1100. The lowest BCUT2D eigenvalue weighted by molar-refractivity contribution is -0.148. The summed E-state index contributed by atoms with van der Waals surface area (Å²) in [6.07, 6.45) is 4.15. The van der Waals surface area contributed by atoms with Crippen molar-refractivity contribution in [1.29, 1.82) is 0 Å².